The molecule has 0 aliphatic heterocycles. The first-order chi connectivity index (χ1) is 26.7. The van der Waals surface area contributed by atoms with E-state index in [2.05, 4.69) is 204 Å². The number of nitrogens with zero attached hydrogens (tertiary/aromatic N) is 2. The van der Waals surface area contributed by atoms with Crippen molar-refractivity contribution in [2.24, 2.45) is 0 Å². The van der Waals surface area contributed by atoms with Crippen molar-refractivity contribution in [3.05, 3.63) is 205 Å². The summed E-state index contributed by atoms with van der Waals surface area (Å²) in [7, 11) is 0. The van der Waals surface area contributed by atoms with Crippen molar-refractivity contribution in [1.82, 2.24) is 0 Å². The molecule has 0 N–H and O–H groups in total. The molecule has 0 saturated heterocycles. The molecular weight excluding hydrogens is 657 g/mol. The molecular formula is C51H34N2O. The van der Waals surface area contributed by atoms with E-state index in [0.29, 0.717) is 0 Å². The van der Waals surface area contributed by atoms with Crippen LogP contribution in [0.3, 0.4) is 0 Å². The van der Waals surface area contributed by atoms with E-state index < -0.39 is 0 Å². The Labute approximate surface area is 313 Å². The molecule has 1 aliphatic carbocycles. The van der Waals surface area contributed by atoms with Crippen LogP contribution in [0.1, 0.15) is 11.1 Å². The van der Waals surface area contributed by atoms with Gasteiger partial charge in [0, 0.05) is 44.9 Å². The number of hydrogen-bond acceptors (Lipinski definition) is 3. The molecule has 54 heavy (non-hydrogen) atoms. The molecule has 1 heterocycles. The molecule has 1 aromatic heterocycles. The second-order valence-electron chi connectivity index (χ2n) is 14.2. The lowest BCUT2D eigenvalue weighted by Crippen LogP contribution is -2.09. The Bertz CT molecular complexity index is 2930. The summed E-state index contributed by atoms with van der Waals surface area (Å²) < 4.78 is 6.66. The number of hydrogen-bond donors (Lipinski definition) is 0. The Morgan fingerprint density at radius 1 is 0.315 bits per heavy atom. The summed E-state index contributed by atoms with van der Waals surface area (Å²) in [6, 6.07) is 69.8. The van der Waals surface area contributed by atoms with E-state index in [1.54, 1.807) is 0 Å². The normalized spacial score (nSPS) is 12.0. The number of anilines is 6. The van der Waals surface area contributed by atoms with Crippen molar-refractivity contribution < 1.29 is 4.42 Å². The van der Waals surface area contributed by atoms with Gasteiger partial charge >= 0.3 is 0 Å². The number of para-hydroxylation sites is 4. The summed E-state index contributed by atoms with van der Waals surface area (Å²) in [6.07, 6.45) is 0.903. The van der Waals surface area contributed by atoms with Gasteiger partial charge in [-0.2, -0.15) is 0 Å². The maximum Gasteiger partial charge on any atom is 0.136 e. The molecule has 0 bridgehead atoms. The first-order valence-corrected chi connectivity index (χ1v) is 18.5. The van der Waals surface area contributed by atoms with Crippen LogP contribution in [-0.4, -0.2) is 0 Å². The molecule has 0 amide bonds. The van der Waals surface area contributed by atoms with E-state index in [4.69, 9.17) is 4.42 Å². The van der Waals surface area contributed by atoms with Crippen molar-refractivity contribution >= 4 is 77.6 Å². The summed E-state index contributed by atoms with van der Waals surface area (Å²) in [5.74, 6) is 0. The standard InChI is InChI=1S/C51H34N2O/c1-5-13-40(14-6-1)52(41-15-7-2-8-16-41)44-23-21-34-29-46-38(25-36(34)27-44)26-39-31-49-48-30-35-22-24-45(28-37(35)32-50(48)54-51(49)33-47(39)46)53(42-17-9-3-10-18-42)43-19-11-4-12-20-43/h1-25,27-33H,26H2. The number of furan rings is 1. The lowest BCUT2D eigenvalue weighted by molar-refractivity contribution is 0.669. The zero-order valence-corrected chi connectivity index (χ0v) is 29.5. The molecule has 10 aromatic rings. The second kappa shape index (κ2) is 12.3. The van der Waals surface area contributed by atoms with E-state index in [9.17, 15) is 0 Å². The van der Waals surface area contributed by atoms with Crippen LogP contribution in [0.2, 0.25) is 0 Å². The van der Waals surface area contributed by atoms with Crippen LogP contribution in [0.4, 0.5) is 34.1 Å². The van der Waals surface area contributed by atoms with Crippen LogP contribution in [0, 0.1) is 0 Å². The van der Waals surface area contributed by atoms with E-state index in [-0.39, 0.29) is 0 Å². The highest BCUT2D eigenvalue weighted by Gasteiger charge is 2.23. The van der Waals surface area contributed by atoms with Gasteiger partial charge < -0.3 is 14.2 Å². The molecule has 254 valence electrons. The minimum atomic E-state index is 0.903. The topological polar surface area (TPSA) is 19.6 Å². The van der Waals surface area contributed by atoms with Crippen LogP contribution >= 0.6 is 0 Å². The van der Waals surface area contributed by atoms with Gasteiger partial charge in [-0.05, 0) is 153 Å². The van der Waals surface area contributed by atoms with E-state index in [0.717, 1.165) is 62.5 Å². The largest absolute Gasteiger partial charge is 0.456 e. The molecule has 0 atom stereocenters. The average Bonchev–Trinajstić information content (AvgIpc) is 3.75. The minimum absolute atomic E-state index is 0.903. The highest BCUT2D eigenvalue weighted by Crippen LogP contribution is 2.45. The average molecular weight is 691 g/mol. The molecule has 11 rings (SSSR count). The Kier molecular flexibility index (Phi) is 6.93. The van der Waals surface area contributed by atoms with E-state index in [1.807, 2.05) is 0 Å². The van der Waals surface area contributed by atoms with Gasteiger partial charge in [0.15, 0.2) is 0 Å². The lowest BCUT2D eigenvalue weighted by Gasteiger charge is -2.25. The Hall–Kier alpha value is -7.10. The molecule has 0 unspecified atom stereocenters. The van der Waals surface area contributed by atoms with E-state index in [1.165, 1.54) is 43.8 Å². The number of benzene rings is 9. The smallest absolute Gasteiger partial charge is 0.136 e. The first kappa shape index (κ1) is 30.5. The van der Waals surface area contributed by atoms with Crippen molar-refractivity contribution in [1.29, 1.82) is 0 Å². The molecule has 0 saturated carbocycles. The zero-order valence-electron chi connectivity index (χ0n) is 29.5. The van der Waals surface area contributed by atoms with Crippen LogP contribution in [-0.2, 0) is 6.42 Å². The monoisotopic (exact) mass is 690 g/mol. The number of rotatable bonds is 6. The summed E-state index contributed by atoms with van der Waals surface area (Å²) in [4.78, 5) is 4.63. The summed E-state index contributed by atoms with van der Waals surface area (Å²) in [5, 5.41) is 7.15. The van der Waals surface area contributed by atoms with Gasteiger partial charge in [-0.15, -0.1) is 0 Å². The fraction of sp³-hybridized carbons (Fsp3) is 0.0196. The van der Waals surface area contributed by atoms with Crippen molar-refractivity contribution in [2.75, 3.05) is 9.80 Å². The molecule has 0 radical (unpaired) electrons. The van der Waals surface area contributed by atoms with Gasteiger partial charge in [0.05, 0.1) is 0 Å². The number of fused-ring (bicyclic) bond motifs is 8. The zero-order chi connectivity index (χ0) is 35.6. The molecule has 9 aromatic carbocycles. The third-order valence-electron chi connectivity index (χ3n) is 10.9. The predicted octanol–water partition coefficient (Wildman–Crippen LogP) is 14.4. The van der Waals surface area contributed by atoms with Gasteiger partial charge in [-0.25, -0.2) is 0 Å². The van der Waals surface area contributed by atoms with Crippen molar-refractivity contribution in [3.63, 3.8) is 0 Å². The summed E-state index contributed by atoms with van der Waals surface area (Å²) in [5.41, 5.74) is 13.9. The maximum absolute atomic E-state index is 6.66. The van der Waals surface area contributed by atoms with Crippen LogP contribution in [0.5, 0.6) is 0 Å². The molecule has 3 nitrogen and oxygen atoms in total. The SMILES string of the molecule is c1ccc(N(c2ccccc2)c2ccc3cc4c(cc3c2)Cc2cc3c(cc2-4)oc2cc4cc(N(c5ccccc5)c5ccccc5)ccc4cc23)cc1. The van der Waals surface area contributed by atoms with Gasteiger partial charge in [0.25, 0.3) is 0 Å². The van der Waals surface area contributed by atoms with Gasteiger partial charge in [-0.3, -0.25) is 0 Å². The second-order valence-corrected chi connectivity index (χ2v) is 14.2. The minimum Gasteiger partial charge on any atom is -0.456 e. The highest BCUT2D eigenvalue weighted by molar-refractivity contribution is 6.12. The Morgan fingerprint density at radius 3 is 1.28 bits per heavy atom. The third kappa shape index (κ3) is 5.05. The fourth-order valence-corrected chi connectivity index (χ4v) is 8.41. The predicted molar refractivity (Wildman–Crippen MR) is 226 cm³/mol. The van der Waals surface area contributed by atoms with E-state index >= 15 is 0 Å². The van der Waals surface area contributed by atoms with Gasteiger partial charge in [0.2, 0.25) is 0 Å². The van der Waals surface area contributed by atoms with Gasteiger partial charge in [-0.1, -0.05) is 91.0 Å². The quantitative estimate of drug-likeness (QED) is 0.173. The third-order valence-corrected chi connectivity index (χ3v) is 10.9. The maximum atomic E-state index is 6.66. The van der Waals surface area contributed by atoms with Crippen LogP contribution in [0.15, 0.2) is 199 Å². The Morgan fingerprint density at radius 2 is 0.741 bits per heavy atom. The Balaban J connectivity index is 0.977. The molecule has 1 aliphatic rings. The molecule has 0 spiro atoms. The molecule has 3 heteroatoms. The first-order valence-electron chi connectivity index (χ1n) is 18.5. The van der Waals surface area contributed by atoms with Crippen LogP contribution < -0.4 is 9.80 Å². The lowest BCUT2D eigenvalue weighted by atomic mass is 9.99. The highest BCUT2D eigenvalue weighted by atomic mass is 16.3. The van der Waals surface area contributed by atoms with Crippen molar-refractivity contribution in [3.8, 4) is 11.1 Å². The summed E-state index contributed by atoms with van der Waals surface area (Å²) in [6.45, 7) is 0. The van der Waals surface area contributed by atoms with Crippen LogP contribution in [0.25, 0.3) is 54.6 Å². The fourth-order valence-electron chi connectivity index (χ4n) is 8.41. The summed E-state index contributed by atoms with van der Waals surface area (Å²) >= 11 is 0. The van der Waals surface area contributed by atoms with Crippen molar-refractivity contribution in [2.45, 2.75) is 6.42 Å². The van der Waals surface area contributed by atoms with Gasteiger partial charge in [0.1, 0.15) is 11.2 Å². The molecule has 0 fully saturated rings.